The number of rotatable bonds is 8. The van der Waals surface area contributed by atoms with Gasteiger partial charge in [-0.2, -0.15) is 0 Å². The molecule has 8 heteroatoms. The third-order valence-electron chi connectivity index (χ3n) is 2.72. The first-order valence-corrected chi connectivity index (χ1v) is 8.77. The van der Waals surface area contributed by atoms with Crippen molar-refractivity contribution in [2.24, 2.45) is 0 Å². The minimum Gasteiger partial charge on any atom is -0.374 e. The van der Waals surface area contributed by atoms with Crippen LogP contribution in [0.2, 0.25) is 0 Å². The molecule has 0 atom stereocenters. The first-order chi connectivity index (χ1) is 10.2. The minimum absolute atomic E-state index is 0.100. The molecule has 0 amide bonds. The maximum absolute atomic E-state index is 11.6. The number of anilines is 1. The zero-order valence-corrected chi connectivity index (χ0v) is 13.8. The Morgan fingerprint density at radius 2 is 2.24 bits per heavy atom. The molecule has 2 aromatic heterocycles. The van der Waals surface area contributed by atoms with Crippen LogP contribution in [0.3, 0.4) is 0 Å². The molecule has 0 aliphatic rings. The molecule has 0 aliphatic carbocycles. The first kappa shape index (κ1) is 16.0. The van der Waals surface area contributed by atoms with Crippen LogP contribution < -0.4 is 10.9 Å². The monoisotopic (exact) mass is 325 g/mol. The Hall–Kier alpha value is -1.41. The largest absolute Gasteiger partial charge is 0.374 e. The van der Waals surface area contributed by atoms with Crippen LogP contribution in [0.4, 0.5) is 5.00 Å². The number of nitrogens with zero attached hydrogens (tertiary/aromatic N) is 3. The summed E-state index contributed by atoms with van der Waals surface area (Å²) < 4.78 is 3.98. The van der Waals surface area contributed by atoms with Gasteiger partial charge < -0.3 is 10.3 Å². The van der Waals surface area contributed by atoms with E-state index in [4.69, 9.17) is 0 Å². The summed E-state index contributed by atoms with van der Waals surface area (Å²) >= 11 is 2.84. The lowest BCUT2D eigenvalue weighted by Gasteiger charge is -2.04. The molecule has 0 aromatic carbocycles. The summed E-state index contributed by atoms with van der Waals surface area (Å²) in [5.74, 6) is 0.640. The van der Waals surface area contributed by atoms with Gasteiger partial charge in [-0.25, -0.2) is 4.98 Å². The molecule has 21 heavy (non-hydrogen) atoms. The smallest absolute Gasteiger partial charge is 0.251 e. The molecule has 0 saturated heterocycles. The molecule has 0 bridgehead atoms. The van der Waals surface area contributed by atoms with Crippen LogP contribution in [0.5, 0.6) is 0 Å². The third kappa shape index (κ3) is 4.82. The Bertz CT molecular complexity index is 625. The van der Waals surface area contributed by atoms with Gasteiger partial charge in [-0.05, 0) is 12.8 Å². The lowest BCUT2D eigenvalue weighted by molar-refractivity contribution is 0.815. The Labute approximate surface area is 132 Å². The van der Waals surface area contributed by atoms with Gasteiger partial charge in [-0.1, -0.05) is 36.5 Å². The van der Waals surface area contributed by atoms with Crippen molar-refractivity contribution in [3.8, 4) is 0 Å². The van der Waals surface area contributed by atoms with Crippen LogP contribution >= 0.6 is 23.3 Å². The normalized spacial score (nSPS) is 10.8. The summed E-state index contributed by atoms with van der Waals surface area (Å²) in [6.07, 6.45) is 2.85. The average Bonchev–Trinajstić information content (AvgIpc) is 2.90. The van der Waals surface area contributed by atoms with Crippen molar-refractivity contribution in [3.05, 3.63) is 27.8 Å². The Morgan fingerprint density at radius 1 is 1.38 bits per heavy atom. The molecular formula is C13H19N5OS2. The maximum Gasteiger partial charge on any atom is 0.251 e. The van der Waals surface area contributed by atoms with Crippen LogP contribution in [0.1, 0.15) is 38.1 Å². The fourth-order valence-corrected chi connectivity index (χ4v) is 3.28. The first-order valence-electron chi connectivity index (χ1n) is 7.01. The Balaban J connectivity index is 2.02. The van der Waals surface area contributed by atoms with Gasteiger partial charge in [0.05, 0.1) is 0 Å². The zero-order chi connectivity index (χ0) is 15.1. The van der Waals surface area contributed by atoms with E-state index in [1.165, 1.54) is 23.3 Å². The van der Waals surface area contributed by atoms with Crippen molar-refractivity contribution in [1.29, 1.82) is 0 Å². The van der Waals surface area contributed by atoms with Gasteiger partial charge in [0.25, 0.3) is 5.56 Å². The number of aromatic nitrogens is 4. The second kappa shape index (κ2) is 8.14. The highest BCUT2D eigenvalue weighted by atomic mass is 32.2. The van der Waals surface area contributed by atoms with Gasteiger partial charge in [0.15, 0.2) is 5.16 Å². The van der Waals surface area contributed by atoms with Crippen molar-refractivity contribution >= 4 is 28.3 Å². The van der Waals surface area contributed by atoms with Gasteiger partial charge in [0.2, 0.25) is 0 Å². The quantitative estimate of drug-likeness (QED) is 0.573. The molecule has 0 saturated carbocycles. The molecule has 2 heterocycles. The van der Waals surface area contributed by atoms with Crippen LogP contribution in [-0.2, 0) is 12.2 Å². The predicted octanol–water partition coefficient (Wildman–Crippen LogP) is 2.69. The number of aryl methyl sites for hydroxylation is 1. The topological polar surface area (TPSA) is 83.6 Å². The molecule has 0 spiro atoms. The lowest BCUT2D eigenvalue weighted by atomic mass is 10.2. The van der Waals surface area contributed by atoms with Gasteiger partial charge in [0, 0.05) is 35.6 Å². The van der Waals surface area contributed by atoms with Crippen molar-refractivity contribution in [3.63, 3.8) is 0 Å². The summed E-state index contributed by atoms with van der Waals surface area (Å²) in [4.78, 5) is 18.8. The van der Waals surface area contributed by atoms with Crippen LogP contribution in [0, 0.1) is 0 Å². The standard InChI is InChI=1S/C13H19N5OS2/c1-3-5-9-7-11(19)16-13(15-9)20-8-10-12(14-6-4-2)21-18-17-10/h7,14H,3-6,8H2,1-2H3,(H,15,16,19). The van der Waals surface area contributed by atoms with Gasteiger partial charge >= 0.3 is 0 Å². The zero-order valence-electron chi connectivity index (χ0n) is 12.2. The highest BCUT2D eigenvalue weighted by Gasteiger charge is 2.09. The SMILES string of the molecule is CCCNc1snnc1CSc1nc(CCC)cc(=O)[nH]1. The average molecular weight is 325 g/mol. The fourth-order valence-electron chi connectivity index (χ4n) is 1.75. The van der Waals surface area contributed by atoms with Gasteiger partial charge in [0.1, 0.15) is 10.7 Å². The van der Waals surface area contributed by atoms with Gasteiger partial charge in [-0.15, -0.1) is 5.10 Å². The molecule has 2 N–H and O–H groups in total. The van der Waals surface area contributed by atoms with E-state index in [1.54, 1.807) is 6.07 Å². The number of H-pyrrole nitrogens is 1. The maximum atomic E-state index is 11.6. The van der Waals surface area contributed by atoms with Crippen molar-refractivity contribution in [1.82, 2.24) is 19.6 Å². The van der Waals surface area contributed by atoms with Crippen LogP contribution in [0.15, 0.2) is 16.0 Å². The number of nitrogens with one attached hydrogen (secondary N) is 2. The highest BCUT2D eigenvalue weighted by Crippen LogP contribution is 2.25. The molecular weight excluding hydrogens is 306 g/mol. The molecule has 0 radical (unpaired) electrons. The summed E-state index contributed by atoms with van der Waals surface area (Å²) in [6, 6.07) is 1.56. The van der Waals surface area contributed by atoms with E-state index >= 15 is 0 Å². The number of hydrogen-bond acceptors (Lipinski definition) is 7. The number of aromatic amines is 1. The third-order valence-corrected chi connectivity index (χ3v) is 4.33. The predicted molar refractivity (Wildman–Crippen MR) is 87.1 cm³/mol. The summed E-state index contributed by atoms with van der Waals surface area (Å²) in [5.41, 5.74) is 1.64. The Morgan fingerprint density at radius 3 is 3.00 bits per heavy atom. The Kier molecular flexibility index (Phi) is 6.19. The van der Waals surface area contributed by atoms with E-state index in [0.717, 1.165) is 42.2 Å². The minimum atomic E-state index is -0.100. The van der Waals surface area contributed by atoms with Crippen LogP contribution in [-0.4, -0.2) is 26.1 Å². The fraction of sp³-hybridized carbons (Fsp3) is 0.538. The van der Waals surface area contributed by atoms with Crippen molar-refractivity contribution in [2.45, 2.75) is 44.0 Å². The second-order valence-electron chi connectivity index (χ2n) is 4.56. The van der Waals surface area contributed by atoms with Gasteiger partial charge in [-0.3, -0.25) is 4.79 Å². The molecule has 0 unspecified atom stereocenters. The number of hydrogen-bond donors (Lipinski definition) is 2. The van der Waals surface area contributed by atoms with E-state index < -0.39 is 0 Å². The second-order valence-corrected chi connectivity index (χ2v) is 6.27. The summed E-state index contributed by atoms with van der Waals surface area (Å²) in [7, 11) is 0. The summed E-state index contributed by atoms with van der Waals surface area (Å²) in [6.45, 7) is 5.09. The van der Waals surface area contributed by atoms with E-state index in [0.29, 0.717) is 10.9 Å². The molecule has 6 nitrogen and oxygen atoms in total. The van der Waals surface area contributed by atoms with Crippen molar-refractivity contribution in [2.75, 3.05) is 11.9 Å². The lowest BCUT2D eigenvalue weighted by Crippen LogP contribution is -2.10. The molecule has 2 aromatic rings. The van der Waals surface area contributed by atoms with E-state index in [1.807, 2.05) is 0 Å². The molecule has 114 valence electrons. The molecule has 2 rings (SSSR count). The number of thioether (sulfide) groups is 1. The van der Waals surface area contributed by atoms with Crippen molar-refractivity contribution < 1.29 is 0 Å². The molecule has 0 aliphatic heterocycles. The van der Waals surface area contributed by atoms with E-state index in [9.17, 15) is 4.79 Å². The van der Waals surface area contributed by atoms with E-state index in [-0.39, 0.29) is 5.56 Å². The van der Waals surface area contributed by atoms with Crippen LogP contribution in [0.25, 0.3) is 0 Å². The van der Waals surface area contributed by atoms with E-state index in [2.05, 4.69) is 38.7 Å². The molecule has 0 fully saturated rings. The summed E-state index contributed by atoms with van der Waals surface area (Å²) in [5, 5.41) is 9.08. The highest BCUT2D eigenvalue weighted by molar-refractivity contribution is 7.98.